The van der Waals surface area contributed by atoms with E-state index in [-0.39, 0.29) is 11.9 Å². The summed E-state index contributed by atoms with van der Waals surface area (Å²) in [5, 5.41) is 9.54. The molecule has 1 heterocycles. The normalized spacial score (nSPS) is 22.8. The van der Waals surface area contributed by atoms with Gasteiger partial charge < -0.3 is 10.2 Å². The standard InChI is InChI=1S/C17H17FN4O/c1-11-15(5-6-21-16(11)22-20)23-14-8-17(9-14,10-19)12-3-2-4-13(18)7-12/h2-7,14H,8-9,20H2,1H3,(H,21,22). The summed E-state index contributed by atoms with van der Waals surface area (Å²) in [7, 11) is 0. The van der Waals surface area contributed by atoms with Crippen molar-refractivity contribution in [2.75, 3.05) is 5.43 Å². The molecule has 1 aliphatic carbocycles. The molecule has 0 spiro atoms. The lowest BCUT2D eigenvalue weighted by Crippen LogP contribution is -2.46. The van der Waals surface area contributed by atoms with Crippen molar-refractivity contribution in [3.63, 3.8) is 0 Å². The van der Waals surface area contributed by atoms with Crippen LogP contribution >= 0.6 is 0 Å². The fourth-order valence-electron chi connectivity index (χ4n) is 2.95. The third-order valence-electron chi connectivity index (χ3n) is 4.33. The summed E-state index contributed by atoms with van der Waals surface area (Å²) in [5.41, 5.74) is 3.36. The second-order valence-electron chi connectivity index (χ2n) is 5.78. The van der Waals surface area contributed by atoms with Crippen molar-refractivity contribution in [2.24, 2.45) is 5.84 Å². The lowest BCUT2D eigenvalue weighted by atomic mass is 9.63. The Morgan fingerprint density at radius 1 is 1.43 bits per heavy atom. The molecule has 0 radical (unpaired) electrons. The molecule has 0 amide bonds. The van der Waals surface area contributed by atoms with E-state index >= 15 is 0 Å². The van der Waals surface area contributed by atoms with Crippen LogP contribution in [0.15, 0.2) is 36.5 Å². The third-order valence-corrected chi connectivity index (χ3v) is 4.33. The van der Waals surface area contributed by atoms with Crippen LogP contribution in [0.5, 0.6) is 5.75 Å². The zero-order valence-electron chi connectivity index (χ0n) is 12.7. The summed E-state index contributed by atoms with van der Waals surface area (Å²) < 4.78 is 19.4. The van der Waals surface area contributed by atoms with Crippen LogP contribution in [-0.4, -0.2) is 11.1 Å². The first kappa shape index (κ1) is 15.3. The van der Waals surface area contributed by atoms with Crippen LogP contribution in [0.1, 0.15) is 24.0 Å². The molecular weight excluding hydrogens is 295 g/mol. The highest BCUT2D eigenvalue weighted by molar-refractivity contribution is 5.50. The van der Waals surface area contributed by atoms with E-state index in [4.69, 9.17) is 10.6 Å². The van der Waals surface area contributed by atoms with Gasteiger partial charge in [0, 0.05) is 24.6 Å². The van der Waals surface area contributed by atoms with Gasteiger partial charge in [-0.25, -0.2) is 15.2 Å². The molecule has 0 saturated heterocycles. The highest BCUT2D eigenvalue weighted by Gasteiger charge is 2.47. The maximum absolute atomic E-state index is 13.4. The fraction of sp³-hybridized carbons (Fsp3) is 0.294. The largest absolute Gasteiger partial charge is 0.490 e. The van der Waals surface area contributed by atoms with Crippen molar-refractivity contribution in [3.8, 4) is 11.8 Å². The number of rotatable bonds is 4. The van der Waals surface area contributed by atoms with Crippen molar-refractivity contribution >= 4 is 5.82 Å². The van der Waals surface area contributed by atoms with Gasteiger partial charge in [0.2, 0.25) is 0 Å². The lowest BCUT2D eigenvalue weighted by molar-refractivity contribution is 0.0660. The number of nitrogens with zero attached hydrogens (tertiary/aromatic N) is 2. The number of benzene rings is 1. The fourth-order valence-corrected chi connectivity index (χ4v) is 2.95. The number of hydrogen-bond acceptors (Lipinski definition) is 5. The molecule has 5 nitrogen and oxygen atoms in total. The quantitative estimate of drug-likeness (QED) is 0.670. The number of nitrogens with two attached hydrogens (primary N) is 1. The Morgan fingerprint density at radius 3 is 2.87 bits per heavy atom. The van der Waals surface area contributed by atoms with E-state index in [1.807, 2.05) is 6.92 Å². The SMILES string of the molecule is Cc1c(OC2CC(C#N)(c3cccc(F)c3)C2)ccnc1NN. The molecule has 1 aromatic heterocycles. The van der Waals surface area contributed by atoms with E-state index in [1.54, 1.807) is 24.4 Å². The Morgan fingerprint density at radius 2 is 2.22 bits per heavy atom. The molecule has 1 aromatic carbocycles. The summed E-state index contributed by atoms with van der Waals surface area (Å²) in [5.74, 6) is 6.31. The van der Waals surface area contributed by atoms with Gasteiger partial charge in [0.15, 0.2) is 0 Å². The predicted molar refractivity (Wildman–Crippen MR) is 84.1 cm³/mol. The van der Waals surface area contributed by atoms with E-state index in [2.05, 4.69) is 16.5 Å². The number of pyridine rings is 1. The Labute approximate surface area is 133 Å². The summed E-state index contributed by atoms with van der Waals surface area (Å²) in [6.07, 6.45) is 2.57. The highest BCUT2D eigenvalue weighted by atomic mass is 19.1. The molecule has 0 atom stereocenters. The van der Waals surface area contributed by atoms with Gasteiger partial charge in [-0.2, -0.15) is 5.26 Å². The van der Waals surface area contributed by atoms with Crippen LogP contribution in [0.3, 0.4) is 0 Å². The second kappa shape index (κ2) is 5.86. The Balaban J connectivity index is 1.74. The van der Waals surface area contributed by atoms with Crippen LogP contribution < -0.4 is 16.0 Å². The van der Waals surface area contributed by atoms with E-state index in [1.165, 1.54) is 12.1 Å². The number of nitrogen functional groups attached to an aromatic ring is 1. The van der Waals surface area contributed by atoms with Crippen molar-refractivity contribution in [1.82, 2.24) is 4.98 Å². The molecule has 0 aliphatic heterocycles. The molecule has 118 valence electrons. The monoisotopic (exact) mass is 312 g/mol. The van der Waals surface area contributed by atoms with Gasteiger partial charge in [0.25, 0.3) is 0 Å². The number of hydrazine groups is 1. The maximum atomic E-state index is 13.4. The molecule has 0 unspecified atom stereocenters. The summed E-state index contributed by atoms with van der Waals surface area (Å²) in [6.45, 7) is 1.86. The first-order chi connectivity index (χ1) is 11.1. The average Bonchev–Trinajstić information content (AvgIpc) is 2.52. The van der Waals surface area contributed by atoms with Crippen LogP contribution in [0.25, 0.3) is 0 Å². The van der Waals surface area contributed by atoms with Crippen molar-refractivity contribution in [1.29, 1.82) is 5.26 Å². The van der Waals surface area contributed by atoms with Crippen LogP contribution in [-0.2, 0) is 5.41 Å². The summed E-state index contributed by atoms with van der Waals surface area (Å²) in [6, 6.07) is 10.3. The second-order valence-corrected chi connectivity index (χ2v) is 5.78. The molecule has 0 bridgehead atoms. The van der Waals surface area contributed by atoms with Crippen molar-refractivity contribution in [3.05, 3.63) is 53.5 Å². The van der Waals surface area contributed by atoms with Crippen LogP contribution in [0.4, 0.5) is 10.2 Å². The molecule has 3 N–H and O–H groups in total. The van der Waals surface area contributed by atoms with Gasteiger partial charge >= 0.3 is 0 Å². The number of halogens is 1. The van der Waals surface area contributed by atoms with Gasteiger partial charge in [-0.3, -0.25) is 0 Å². The number of nitriles is 1. The molecule has 3 rings (SSSR count). The summed E-state index contributed by atoms with van der Waals surface area (Å²) >= 11 is 0. The first-order valence-electron chi connectivity index (χ1n) is 7.34. The maximum Gasteiger partial charge on any atom is 0.146 e. The minimum absolute atomic E-state index is 0.0929. The molecule has 6 heteroatoms. The molecule has 2 aromatic rings. The highest BCUT2D eigenvalue weighted by Crippen LogP contribution is 2.45. The minimum Gasteiger partial charge on any atom is -0.490 e. The smallest absolute Gasteiger partial charge is 0.146 e. The minimum atomic E-state index is -0.678. The number of anilines is 1. The van der Waals surface area contributed by atoms with E-state index in [9.17, 15) is 9.65 Å². The van der Waals surface area contributed by atoms with Crippen molar-refractivity contribution < 1.29 is 9.13 Å². The first-order valence-corrected chi connectivity index (χ1v) is 7.34. The molecule has 1 fully saturated rings. The lowest BCUT2D eigenvalue weighted by Gasteiger charge is -2.42. The average molecular weight is 312 g/mol. The van der Waals surface area contributed by atoms with Crippen LogP contribution in [0.2, 0.25) is 0 Å². The number of aromatic nitrogens is 1. The van der Waals surface area contributed by atoms with Gasteiger partial charge in [-0.05, 0) is 30.7 Å². The van der Waals surface area contributed by atoms with Crippen LogP contribution in [0, 0.1) is 24.1 Å². The predicted octanol–water partition coefficient (Wildman–Crippen LogP) is 2.82. The zero-order chi connectivity index (χ0) is 16.4. The third kappa shape index (κ3) is 2.71. The van der Waals surface area contributed by atoms with Gasteiger partial charge in [0.1, 0.15) is 23.5 Å². The molecule has 23 heavy (non-hydrogen) atoms. The zero-order valence-corrected chi connectivity index (χ0v) is 12.7. The van der Waals surface area contributed by atoms with Gasteiger partial charge in [-0.1, -0.05) is 12.1 Å². The summed E-state index contributed by atoms with van der Waals surface area (Å²) in [4.78, 5) is 4.10. The Hall–Kier alpha value is -2.65. The van der Waals surface area contributed by atoms with Gasteiger partial charge in [-0.15, -0.1) is 0 Å². The van der Waals surface area contributed by atoms with E-state index < -0.39 is 5.41 Å². The van der Waals surface area contributed by atoms with Gasteiger partial charge in [0.05, 0.1) is 11.5 Å². The molecular formula is C17H17FN4O. The topological polar surface area (TPSA) is 84.0 Å². The molecule has 1 saturated carbocycles. The number of hydrogen-bond donors (Lipinski definition) is 2. The van der Waals surface area contributed by atoms with E-state index in [0.717, 1.165) is 5.56 Å². The molecule has 1 aliphatic rings. The Bertz CT molecular complexity index is 765. The number of ether oxygens (including phenoxy) is 1. The van der Waals surface area contributed by atoms with E-state index in [0.29, 0.717) is 30.0 Å². The Kier molecular flexibility index (Phi) is 3.89. The number of nitrogens with one attached hydrogen (secondary N) is 1. The van der Waals surface area contributed by atoms with Crippen molar-refractivity contribution in [2.45, 2.75) is 31.3 Å².